The van der Waals surface area contributed by atoms with Crippen molar-refractivity contribution in [3.05, 3.63) is 4.91 Å². The van der Waals surface area contributed by atoms with Crippen LogP contribution in [0.1, 0.15) is 26.7 Å². The molecule has 0 aliphatic rings. The first-order valence-electron chi connectivity index (χ1n) is 3.70. The number of nitrogens with zero attached hydrogens (tertiary/aromatic N) is 1. The molecule has 0 fully saturated rings. The zero-order chi connectivity index (χ0) is 8.85. The third-order valence-electron chi connectivity index (χ3n) is 1.46. The Labute approximate surface area is 66.1 Å². The van der Waals surface area contributed by atoms with E-state index in [1.807, 2.05) is 13.8 Å². The van der Waals surface area contributed by atoms with Crippen molar-refractivity contribution in [2.45, 2.75) is 32.7 Å². The summed E-state index contributed by atoms with van der Waals surface area (Å²) in [6.45, 7) is 4.07. The molecule has 2 N–H and O–H groups in total. The van der Waals surface area contributed by atoms with E-state index in [4.69, 9.17) is 5.73 Å². The van der Waals surface area contributed by atoms with E-state index >= 15 is 0 Å². The number of hydrogen-bond acceptors (Lipinski definition) is 3. The van der Waals surface area contributed by atoms with Crippen molar-refractivity contribution in [1.29, 1.82) is 0 Å². The topological polar surface area (TPSA) is 72.5 Å². The van der Waals surface area contributed by atoms with Crippen LogP contribution in [-0.4, -0.2) is 11.9 Å². The average molecular weight is 158 g/mol. The van der Waals surface area contributed by atoms with E-state index in [1.165, 1.54) is 0 Å². The summed E-state index contributed by atoms with van der Waals surface area (Å²) in [6, 6.07) is -0.699. The Kier molecular flexibility index (Phi) is 4.61. The van der Waals surface area contributed by atoms with Crippen molar-refractivity contribution < 1.29 is 4.79 Å². The number of nitroso groups, excluding NO2 is 1. The van der Waals surface area contributed by atoms with Gasteiger partial charge in [-0.25, -0.2) is 0 Å². The van der Waals surface area contributed by atoms with E-state index in [1.54, 1.807) is 0 Å². The second-order valence-corrected chi connectivity index (χ2v) is 3.01. The van der Waals surface area contributed by atoms with E-state index in [-0.39, 0.29) is 0 Å². The van der Waals surface area contributed by atoms with Gasteiger partial charge in [-0.05, 0) is 18.8 Å². The molecule has 1 atom stereocenters. The Morgan fingerprint density at radius 2 is 2.00 bits per heavy atom. The first-order chi connectivity index (χ1) is 5.07. The molecule has 4 nitrogen and oxygen atoms in total. The molecule has 0 saturated carbocycles. The first-order valence-corrected chi connectivity index (χ1v) is 3.70. The van der Waals surface area contributed by atoms with Crippen LogP contribution < -0.4 is 5.73 Å². The van der Waals surface area contributed by atoms with Crippen LogP contribution in [0.5, 0.6) is 0 Å². The minimum atomic E-state index is -0.745. The summed E-state index contributed by atoms with van der Waals surface area (Å²) < 4.78 is 0. The molecule has 0 saturated heterocycles. The summed E-state index contributed by atoms with van der Waals surface area (Å²) >= 11 is 0. The number of amides is 1. The normalized spacial score (nSPS) is 13.1. The summed E-state index contributed by atoms with van der Waals surface area (Å²) in [5.74, 6) is -0.244. The van der Waals surface area contributed by atoms with E-state index < -0.39 is 11.9 Å². The molecule has 0 radical (unpaired) electrons. The minimum Gasteiger partial charge on any atom is -0.320 e. The Morgan fingerprint density at radius 3 is 2.36 bits per heavy atom. The summed E-state index contributed by atoms with van der Waals surface area (Å²) in [4.78, 5) is 20.2. The van der Waals surface area contributed by atoms with Gasteiger partial charge in [0, 0.05) is 5.18 Å². The third-order valence-corrected chi connectivity index (χ3v) is 1.46. The lowest BCUT2D eigenvalue weighted by atomic mass is 10.0. The van der Waals surface area contributed by atoms with Gasteiger partial charge in [-0.2, -0.15) is 0 Å². The van der Waals surface area contributed by atoms with E-state index in [2.05, 4.69) is 5.18 Å². The molecule has 0 bridgehead atoms. The van der Waals surface area contributed by atoms with Crippen LogP contribution in [-0.2, 0) is 4.79 Å². The van der Waals surface area contributed by atoms with Crippen LogP contribution in [0.15, 0.2) is 5.18 Å². The Bertz CT molecular complexity index is 145. The van der Waals surface area contributed by atoms with Gasteiger partial charge in [0.15, 0.2) is 0 Å². The monoisotopic (exact) mass is 158 g/mol. The largest absolute Gasteiger partial charge is 0.320 e. The molecule has 0 spiro atoms. The molecule has 64 valence electrons. The second-order valence-electron chi connectivity index (χ2n) is 3.01. The Balaban J connectivity index is 3.60. The average Bonchev–Trinajstić information content (AvgIpc) is 1.98. The lowest BCUT2D eigenvalue weighted by Gasteiger charge is -2.06. The lowest BCUT2D eigenvalue weighted by Crippen LogP contribution is -2.28. The minimum absolute atomic E-state index is 0.500. The maximum Gasteiger partial charge on any atom is 0.302 e. The van der Waals surface area contributed by atoms with Crippen LogP contribution in [0.3, 0.4) is 0 Å². The van der Waals surface area contributed by atoms with Gasteiger partial charge in [0.2, 0.25) is 0 Å². The zero-order valence-electron chi connectivity index (χ0n) is 6.91. The number of rotatable bonds is 4. The fraction of sp³-hybridized carbons (Fsp3) is 0.857. The van der Waals surface area contributed by atoms with E-state index in [0.717, 1.165) is 6.42 Å². The molecule has 0 aliphatic heterocycles. The summed E-state index contributed by atoms with van der Waals surface area (Å²) in [5, 5.41) is 2.25. The molecule has 0 rings (SSSR count). The quantitative estimate of drug-likeness (QED) is 0.621. The predicted octanol–water partition coefficient (Wildman–Crippen LogP) is 1.04. The predicted molar refractivity (Wildman–Crippen MR) is 42.8 cm³/mol. The maximum absolute atomic E-state index is 10.5. The molecule has 1 unspecified atom stereocenters. The van der Waals surface area contributed by atoms with Crippen LogP contribution >= 0.6 is 0 Å². The van der Waals surface area contributed by atoms with Crippen molar-refractivity contribution in [3.63, 3.8) is 0 Å². The van der Waals surface area contributed by atoms with Gasteiger partial charge >= 0.3 is 5.91 Å². The number of hydrogen-bond donors (Lipinski definition) is 1. The molecular weight excluding hydrogens is 144 g/mol. The van der Waals surface area contributed by atoms with Crippen molar-refractivity contribution in [1.82, 2.24) is 0 Å². The molecule has 11 heavy (non-hydrogen) atoms. The highest BCUT2D eigenvalue weighted by molar-refractivity contribution is 5.81. The standard InChI is InChI=1S/C7H14N2O2/c1-5(2)3-4-6(8)7(10)9-11/h5-6H,3-4,8H2,1-2H3. The highest BCUT2D eigenvalue weighted by atomic mass is 16.3. The molecule has 0 aromatic rings. The number of carbonyl (C=O) groups is 1. The molecule has 4 heteroatoms. The van der Waals surface area contributed by atoms with Gasteiger partial charge in [-0.3, -0.25) is 4.79 Å². The van der Waals surface area contributed by atoms with Gasteiger partial charge in [-0.1, -0.05) is 13.8 Å². The summed E-state index contributed by atoms with van der Waals surface area (Å²) in [5.41, 5.74) is 5.33. The molecule has 0 aromatic heterocycles. The summed E-state index contributed by atoms with van der Waals surface area (Å²) in [6.07, 6.45) is 1.39. The van der Waals surface area contributed by atoms with Crippen LogP contribution in [0.4, 0.5) is 0 Å². The number of nitrogens with two attached hydrogens (primary N) is 1. The fourth-order valence-corrected chi connectivity index (χ4v) is 0.704. The zero-order valence-corrected chi connectivity index (χ0v) is 6.91. The smallest absolute Gasteiger partial charge is 0.302 e. The van der Waals surface area contributed by atoms with Gasteiger partial charge in [-0.15, -0.1) is 4.91 Å². The van der Waals surface area contributed by atoms with Crippen molar-refractivity contribution in [2.75, 3.05) is 0 Å². The highest BCUT2D eigenvalue weighted by Crippen LogP contribution is 2.05. The fourth-order valence-electron chi connectivity index (χ4n) is 0.704. The lowest BCUT2D eigenvalue weighted by molar-refractivity contribution is -0.119. The Morgan fingerprint density at radius 1 is 1.45 bits per heavy atom. The summed E-state index contributed by atoms with van der Waals surface area (Å²) in [7, 11) is 0. The van der Waals surface area contributed by atoms with Gasteiger partial charge in [0.25, 0.3) is 0 Å². The van der Waals surface area contributed by atoms with Crippen molar-refractivity contribution >= 4 is 5.91 Å². The van der Waals surface area contributed by atoms with Crippen LogP contribution in [0.2, 0.25) is 0 Å². The highest BCUT2D eigenvalue weighted by Gasteiger charge is 2.13. The SMILES string of the molecule is CC(C)CCC(N)C(=O)N=O. The van der Waals surface area contributed by atoms with Crippen LogP contribution in [0, 0.1) is 10.8 Å². The molecule has 0 heterocycles. The van der Waals surface area contributed by atoms with Crippen molar-refractivity contribution in [2.24, 2.45) is 16.8 Å². The molecule has 0 aliphatic carbocycles. The molecule has 1 amide bonds. The van der Waals surface area contributed by atoms with Gasteiger partial charge in [0.05, 0.1) is 6.04 Å². The van der Waals surface area contributed by atoms with Gasteiger partial charge in [0.1, 0.15) is 0 Å². The number of carbonyl (C=O) groups excluding carboxylic acids is 1. The van der Waals surface area contributed by atoms with E-state index in [0.29, 0.717) is 12.3 Å². The second kappa shape index (κ2) is 4.96. The molecule has 0 aromatic carbocycles. The third kappa shape index (κ3) is 4.61. The van der Waals surface area contributed by atoms with Crippen LogP contribution in [0.25, 0.3) is 0 Å². The van der Waals surface area contributed by atoms with E-state index in [9.17, 15) is 9.70 Å². The Hall–Kier alpha value is -0.770. The first kappa shape index (κ1) is 10.2. The van der Waals surface area contributed by atoms with Crippen molar-refractivity contribution in [3.8, 4) is 0 Å². The van der Waals surface area contributed by atoms with Gasteiger partial charge < -0.3 is 5.73 Å². The maximum atomic E-state index is 10.5. The molecular formula is C7H14N2O2.